The van der Waals surface area contributed by atoms with E-state index in [1.165, 1.54) is 0 Å². The molecule has 0 unspecified atom stereocenters. The Kier molecular flexibility index (Phi) is 5.60. The standard InChI is InChI=1S/C22H26F2O7S/c1-10-4-11(2)12(3)17(5-10)20(25)30-18-13-6-15-8-14(18)9-16(7-13)19(15)31-21(26)22(23,24)32(27,28)29/h4-5,13-16,18-19H,6-9H2,1-3H3,(H,27,28,29). The zero-order valence-electron chi connectivity index (χ0n) is 18.0. The predicted octanol–water partition coefficient (Wildman–Crippen LogP) is 3.60. The summed E-state index contributed by atoms with van der Waals surface area (Å²) in [7, 11) is -5.90. The predicted molar refractivity (Wildman–Crippen MR) is 109 cm³/mol. The molecule has 0 heterocycles. The molecule has 0 saturated heterocycles. The molecule has 176 valence electrons. The van der Waals surface area contributed by atoms with Crippen LogP contribution in [0.5, 0.6) is 0 Å². The Labute approximate surface area is 185 Å². The van der Waals surface area contributed by atoms with Crippen molar-refractivity contribution in [1.29, 1.82) is 0 Å². The minimum Gasteiger partial charge on any atom is -0.458 e. The summed E-state index contributed by atoms with van der Waals surface area (Å²) in [5, 5.41) is -5.00. The summed E-state index contributed by atoms with van der Waals surface area (Å²) in [5.41, 5.74) is 3.39. The molecule has 0 radical (unpaired) electrons. The van der Waals surface area contributed by atoms with Crippen LogP contribution in [0.4, 0.5) is 8.78 Å². The topological polar surface area (TPSA) is 107 Å². The number of ether oxygens (including phenoxy) is 2. The second-order valence-electron chi connectivity index (χ2n) is 9.47. The number of alkyl halides is 2. The van der Waals surface area contributed by atoms with Gasteiger partial charge in [0.25, 0.3) is 0 Å². The fourth-order valence-corrected chi connectivity index (χ4v) is 6.16. The summed E-state index contributed by atoms with van der Waals surface area (Å²) in [5.74, 6) is -2.98. The highest BCUT2D eigenvalue weighted by molar-refractivity contribution is 7.87. The van der Waals surface area contributed by atoms with Crippen molar-refractivity contribution in [3.63, 3.8) is 0 Å². The Hall–Kier alpha value is -2.07. The molecule has 4 saturated carbocycles. The molecule has 4 bridgehead atoms. The van der Waals surface area contributed by atoms with Crippen LogP contribution >= 0.6 is 0 Å². The van der Waals surface area contributed by atoms with Gasteiger partial charge in [0.2, 0.25) is 0 Å². The number of hydrogen-bond donors (Lipinski definition) is 1. The van der Waals surface area contributed by atoms with Crippen molar-refractivity contribution >= 4 is 22.1 Å². The fourth-order valence-electron chi connectivity index (χ4n) is 5.90. The molecule has 32 heavy (non-hydrogen) atoms. The normalized spacial score (nSPS) is 31.4. The lowest BCUT2D eigenvalue weighted by atomic mass is 9.53. The number of halogens is 2. The van der Waals surface area contributed by atoms with Gasteiger partial charge >= 0.3 is 27.3 Å². The van der Waals surface area contributed by atoms with Crippen molar-refractivity contribution in [2.45, 2.75) is 63.9 Å². The maximum absolute atomic E-state index is 13.6. The Balaban J connectivity index is 1.45. The second kappa shape index (κ2) is 7.76. The molecule has 0 amide bonds. The lowest BCUT2D eigenvalue weighted by molar-refractivity contribution is -0.197. The second-order valence-corrected chi connectivity index (χ2v) is 10.9. The highest BCUT2D eigenvalue weighted by atomic mass is 32.2. The van der Waals surface area contributed by atoms with Crippen molar-refractivity contribution < 1.29 is 40.8 Å². The molecule has 0 atom stereocenters. The molecule has 4 aliphatic carbocycles. The van der Waals surface area contributed by atoms with E-state index in [0.717, 1.165) is 16.7 Å². The third-order valence-corrected chi connectivity index (χ3v) is 8.17. The lowest BCUT2D eigenvalue weighted by Gasteiger charge is -2.56. The van der Waals surface area contributed by atoms with E-state index < -0.39 is 27.4 Å². The number of rotatable bonds is 5. The fraction of sp³-hybridized carbons (Fsp3) is 0.636. The van der Waals surface area contributed by atoms with E-state index >= 15 is 0 Å². The molecule has 5 rings (SSSR count). The lowest BCUT2D eigenvalue weighted by Crippen LogP contribution is -2.58. The minimum atomic E-state index is -5.90. The average molecular weight is 473 g/mol. The van der Waals surface area contributed by atoms with Crippen molar-refractivity contribution in [2.75, 3.05) is 0 Å². The van der Waals surface area contributed by atoms with Crippen molar-refractivity contribution in [2.24, 2.45) is 23.7 Å². The first-order valence-corrected chi connectivity index (χ1v) is 12.1. The maximum atomic E-state index is 13.6. The van der Waals surface area contributed by atoms with Crippen LogP contribution in [0.25, 0.3) is 0 Å². The van der Waals surface area contributed by atoms with Crippen LogP contribution in [0.3, 0.4) is 0 Å². The average Bonchev–Trinajstić information content (AvgIpc) is 2.67. The van der Waals surface area contributed by atoms with Crippen LogP contribution in [0.15, 0.2) is 12.1 Å². The van der Waals surface area contributed by atoms with Crippen molar-refractivity contribution in [3.05, 3.63) is 34.4 Å². The van der Waals surface area contributed by atoms with Gasteiger partial charge in [-0.15, -0.1) is 0 Å². The number of carbonyl (C=O) groups is 2. The number of benzene rings is 1. The van der Waals surface area contributed by atoms with Crippen molar-refractivity contribution in [3.8, 4) is 0 Å². The van der Waals surface area contributed by atoms with Gasteiger partial charge in [0.05, 0.1) is 5.56 Å². The first kappa shape index (κ1) is 23.1. The first-order chi connectivity index (χ1) is 14.8. The number of carbonyl (C=O) groups excluding carboxylic acids is 2. The van der Waals surface area contributed by atoms with Crippen molar-refractivity contribution in [1.82, 2.24) is 0 Å². The van der Waals surface area contributed by atoms with Gasteiger partial charge in [-0.2, -0.15) is 17.2 Å². The minimum absolute atomic E-state index is 0.0321. The van der Waals surface area contributed by atoms with Gasteiger partial charge in [-0.1, -0.05) is 6.07 Å². The Morgan fingerprint density at radius 1 is 0.938 bits per heavy atom. The molecule has 1 N–H and O–H groups in total. The smallest absolute Gasteiger partial charge is 0.458 e. The van der Waals surface area contributed by atoms with E-state index in [-0.39, 0.29) is 35.7 Å². The third-order valence-electron chi connectivity index (χ3n) is 7.36. The summed E-state index contributed by atoms with van der Waals surface area (Å²) in [6.45, 7) is 5.73. The van der Waals surface area contributed by atoms with E-state index in [1.54, 1.807) is 0 Å². The monoisotopic (exact) mass is 472 g/mol. The molecule has 4 fully saturated rings. The van der Waals surface area contributed by atoms with E-state index in [0.29, 0.717) is 31.2 Å². The molecule has 1 aromatic carbocycles. The van der Waals surface area contributed by atoms with Crippen LogP contribution in [-0.2, 0) is 24.4 Å². The van der Waals surface area contributed by atoms with E-state index in [2.05, 4.69) is 0 Å². The molecule has 0 aliphatic heterocycles. The Morgan fingerprint density at radius 3 is 1.88 bits per heavy atom. The van der Waals surface area contributed by atoms with E-state index in [4.69, 9.17) is 14.0 Å². The van der Waals surface area contributed by atoms with Gasteiger partial charge in [0.15, 0.2) is 0 Å². The summed E-state index contributed by atoms with van der Waals surface area (Å²) in [6.07, 6.45) is 1.02. The Morgan fingerprint density at radius 2 is 1.41 bits per heavy atom. The summed E-state index contributed by atoms with van der Waals surface area (Å²) >= 11 is 0. The van der Waals surface area contributed by atoms with Crippen LogP contribution in [0.2, 0.25) is 0 Å². The van der Waals surface area contributed by atoms with E-state index in [1.807, 2.05) is 32.9 Å². The highest BCUT2D eigenvalue weighted by Gasteiger charge is 2.59. The van der Waals surface area contributed by atoms with Gasteiger partial charge in [-0.05, 0) is 92.9 Å². The quantitative estimate of drug-likeness (QED) is 0.515. The number of hydrogen-bond acceptors (Lipinski definition) is 6. The first-order valence-electron chi connectivity index (χ1n) is 10.6. The van der Waals surface area contributed by atoms with Crippen LogP contribution in [0, 0.1) is 44.4 Å². The largest absolute Gasteiger partial charge is 0.465 e. The van der Waals surface area contributed by atoms with Gasteiger partial charge in [-0.25, -0.2) is 9.59 Å². The van der Waals surface area contributed by atoms with Gasteiger partial charge in [0.1, 0.15) is 12.2 Å². The summed E-state index contributed by atoms with van der Waals surface area (Å²) in [6, 6.07) is 3.81. The zero-order chi connectivity index (χ0) is 23.6. The maximum Gasteiger partial charge on any atom is 0.465 e. The summed E-state index contributed by atoms with van der Waals surface area (Å²) < 4.78 is 68.4. The highest BCUT2D eigenvalue weighted by Crippen LogP contribution is 2.56. The van der Waals surface area contributed by atoms with Crippen LogP contribution in [-0.4, -0.2) is 42.4 Å². The molecule has 4 aliphatic rings. The molecule has 10 heteroatoms. The molecule has 7 nitrogen and oxygen atoms in total. The molecule has 1 aromatic rings. The van der Waals surface area contributed by atoms with Gasteiger partial charge < -0.3 is 9.47 Å². The van der Waals surface area contributed by atoms with Crippen LogP contribution < -0.4 is 0 Å². The zero-order valence-corrected chi connectivity index (χ0v) is 18.8. The van der Waals surface area contributed by atoms with E-state index in [9.17, 15) is 26.8 Å². The molecule has 0 aromatic heterocycles. The number of esters is 2. The SMILES string of the molecule is Cc1cc(C)c(C)c(C(=O)OC2C3CC4CC2CC(C3)C4OC(=O)C(F)(F)S(=O)(=O)O)c1. The van der Waals surface area contributed by atoms with Crippen LogP contribution in [0.1, 0.15) is 52.7 Å². The van der Waals surface area contributed by atoms with Gasteiger partial charge in [0, 0.05) is 0 Å². The molecular formula is C22H26F2O7S. The summed E-state index contributed by atoms with van der Waals surface area (Å²) in [4.78, 5) is 24.7. The molecular weight excluding hydrogens is 446 g/mol. The van der Waals surface area contributed by atoms with Gasteiger partial charge in [-0.3, -0.25) is 4.55 Å². The number of aryl methyl sites for hydroxylation is 2. The Bertz CT molecular complexity index is 1040. The molecule has 0 spiro atoms. The third kappa shape index (κ3) is 3.81.